The lowest BCUT2D eigenvalue weighted by molar-refractivity contribution is -0.126. The van der Waals surface area contributed by atoms with Crippen LogP contribution in [-0.4, -0.2) is 47.8 Å². The Morgan fingerprint density at radius 1 is 0.889 bits per heavy atom. The minimum Gasteiger partial charge on any atom is -0.445 e. The van der Waals surface area contributed by atoms with Gasteiger partial charge in [0.25, 0.3) is 5.91 Å². The summed E-state index contributed by atoms with van der Waals surface area (Å²) in [5, 5.41) is 8.49. The molecule has 3 N–H and O–H groups in total. The normalized spacial score (nSPS) is 11.5. The Morgan fingerprint density at radius 3 is 2.36 bits per heavy atom. The molecule has 36 heavy (non-hydrogen) atoms. The van der Waals surface area contributed by atoms with Crippen molar-refractivity contribution in [1.82, 2.24) is 20.9 Å². The monoisotopic (exact) mass is 490 g/mol. The molecule has 0 unspecified atom stereocenters. The first-order chi connectivity index (χ1) is 17.3. The summed E-state index contributed by atoms with van der Waals surface area (Å²) in [7, 11) is 0. The van der Waals surface area contributed by atoms with E-state index in [1.54, 1.807) is 24.4 Å². The highest BCUT2D eigenvalue weighted by Gasteiger charge is 2.23. The molecule has 0 spiro atoms. The van der Waals surface area contributed by atoms with Gasteiger partial charge in [-0.05, 0) is 30.0 Å². The number of hydrogen-bond donors (Lipinski definition) is 3. The molecule has 3 rings (SSSR count). The van der Waals surface area contributed by atoms with Gasteiger partial charge in [0.05, 0.1) is 24.2 Å². The zero-order valence-corrected chi connectivity index (χ0v) is 20.3. The fourth-order valence-corrected chi connectivity index (χ4v) is 3.54. The van der Waals surface area contributed by atoms with Gasteiger partial charge in [-0.3, -0.25) is 19.4 Å². The van der Waals surface area contributed by atoms with Gasteiger partial charge in [0.2, 0.25) is 5.91 Å². The topological polar surface area (TPSA) is 126 Å². The van der Waals surface area contributed by atoms with Crippen molar-refractivity contribution >= 4 is 34.6 Å². The van der Waals surface area contributed by atoms with Crippen LogP contribution in [0.25, 0.3) is 10.9 Å². The van der Waals surface area contributed by atoms with Crippen LogP contribution in [-0.2, 0) is 20.9 Å². The number of nitrogens with zero attached hydrogens (tertiary/aromatic N) is 1. The van der Waals surface area contributed by atoms with Crippen molar-refractivity contribution in [2.45, 2.75) is 32.9 Å². The zero-order chi connectivity index (χ0) is 25.9. The average molecular weight is 491 g/mol. The molecule has 0 aliphatic rings. The van der Waals surface area contributed by atoms with E-state index in [0.717, 1.165) is 10.9 Å². The van der Waals surface area contributed by atoms with Crippen LogP contribution in [0.3, 0.4) is 0 Å². The third-order valence-corrected chi connectivity index (χ3v) is 5.31. The number of carbonyl (C=O) groups is 4. The molecule has 0 saturated carbocycles. The van der Waals surface area contributed by atoms with Gasteiger partial charge in [0.1, 0.15) is 12.6 Å². The second-order valence-electron chi connectivity index (χ2n) is 8.71. The first-order valence-corrected chi connectivity index (χ1v) is 11.7. The molecule has 0 radical (unpaired) electrons. The van der Waals surface area contributed by atoms with E-state index in [1.807, 2.05) is 56.3 Å². The summed E-state index contributed by atoms with van der Waals surface area (Å²) in [4.78, 5) is 54.0. The van der Waals surface area contributed by atoms with Crippen LogP contribution in [0.1, 0.15) is 36.2 Å². The quantitative estimate of drug-likeness (QED) is 0.379. The summed E-state index contributed by atoms with van der Waals surface area (Å²) in [6, 6.07) is 17.2. The van der Waals surface area contributed by atoms with Gasteiger partial charge in [-0.25, -0.2) is 4.79 Å². The van der Waals surface area contributed by atoms with Crippen LogP contribution in [0.15, 0.2) is 66.9 Å². The minimum atomic E-state index is -0.863. The number of alkyl carbamates (subject to hydrolysis) is 1. The second kappa shape index (κ2) is 13.0. The molecule has 0 saturated heterocycles. The lowest BCUT2D eigenvalue weighted by Gasteiger charge is -2.20. The fourth-order valence-electron chi connectivity index (χ4n) is 3.54. The predicted molar refractivity (Wildman–Crippen MR) is 135 cm³/mol. The molecule has 1 heterocycles. The Labute approximate surface area is 209 Å². The lowest BCUT2D eigenvalue weighted by atomic mass is 10.0. The maximum atomic E-state index is 12.7. The van der Waals surface area contributed by atoms with Crippen molar-refractivity contribution in [3.05, 3.63) is 78.0 Å². The maximum Gasteiger partial charge on any atom is 0.408 e. The fraction of sp³-hybridized carbons (Fsp3) is 0.296. The SMILES string of the molecule is CC(C)C[C@H](NC(=O)OCc1ccccc1)C(=O)NCC(=O)CNC(=O)c1cccc2cccnc12. The van der Waals surface area contributed by atoms with E-state index in [-0.39, 0.29) is 31.4 Å². The van der Waals surface area contributed by atoms with Crippen LogP contribution in [0.2, 0.25) is 0 Å². The lowest BCUT2D eigenvalue weighted by Crippen LogP contribution is -2.49. The van der Waals surface area contributed by atoms with Gasteiger partial charge in [-0.2, -0.15) is 0 Å². The molecule has 188 valence electrons. The van der Waals surface area contributed by atoms with Gasteiger partial charge in [0, 0.05) is 11.6 Å². The summed E-state index contributed by atoms with van der Waals surface area (Å²) < 4.78 is 5.20. The number of para-hydroxylation sites is 1. The number of fused-ring (bicyclic) bond motifs is 1. The molecule has 1 aromatic heterocycles. The second-order valence-corrected chi connectivity index (χ2v) is 8.71. The Kier molecular flexibility index (Phi) is 9.50. The maximum absolute atomic E-state index is 12.7. The third kappa shape index (κ3) is 7.90. The summed E-state index contributed by atoms with van der Waals surface area (Å²) in [6.07, 6.45) is 1.24. The van der Waals surface area contributed by atoms with Crippen molar-refractivity contribution < 1.29 is 23.9 Å². The number of benzene rings is 2. The van der Waals surface area contributed by atoms with Crippen molar-refractivity contribution in [3.8, 4) is 0 Å². The Morgan fingerprint density at radius 2 is 1.61 bits per heavy atom. The van der Waals surface area contributed by atoms with Crippen molar-refractivity contribution in [2.24, 2.45) is 5.92 Å². The highest BCUT2D eigenvalue weighted by Crippen LogP contribution is 2.15. The predicted octanol–water partition coefficient (Wildman–Crippen LogP) is 2.99. The summed E-state index contributed by atoms with van der Waals surface area (Å²) in [5.74, 6) is -1.21. The number of carbonyl (C=O) groups excluding carboxylic acids is 4. The molecule has 2 aromatic carbocycles. The molecule has 0 aliphatic heterocycles. The molecule has 3 aromatic rings. The number of aromatic nitrogens is 1. The molecule has 9 nitrogen and oxygen atoms in total. The van der Waals surface area contributed by atoms with E-state index < -0.39 is 23.9 Å². The van der Waals surface area contributed by atoms with Gasteiger partial charge in [-0.15, -0.1) is 0 Å². The Hall–Kier alpha value is -4.27. The van der Waals surface area contributed by atoms with Crippen molar-refractivity contribution in [1.29, 1.82) is 0 Å². The Bertz CT molecular complexity index is 1210. The van der Waals surface area contributed by atoms with Crippen LogP contribution in [0.4, 0.5) is 4.79 Å². The number of Topliss-reactive ketones (excluding diaryl/α,β-unsaturated/α-hetero) is 1. The Balaban J connectivity index is 1.47. The van der Waals surface area contributed by atoms with Crippen molar-refractivity contribution in [3.63, 3.8) is 0 Å². The van der Waals surface area contributed by atoms with E-state index in [2.05, 4.69) is 20.9 Å². The molecule has 0 fully saturated rings. The zero-order valence-electron chi connectivity index (χ0n) is 20.3. The standard InChI is InChI=1S/C27H30N4O5/c1-18(2)14-23(31-27(35)36-17-19-8-4-3-5-9-19)26(34)30-16-21(32)15-29-25(33)22-12-6-10-20-11-7-13-28-24(20)22/h3-13,18,23H,14-17H2,1-2H3,(H,29,33)(H,30,34)(H,31,35)/t23-/m0/s1. The molecule has 0 bridgehead atoms. The number of pyridine rings is 1. The van der Waals surface area contributed by atoms with E-state index in [0.29, 0.717) is 17.5 Å². The first-order valence-electron chi connectivity index (χ1n) is 11.7. The molecule has 1 atom stereocenters. The number of ether oxygens (including phenoxy) is 1. The highest BCUT2D eigenvalue weighted by molar-refractivity contribution is 6.06. The van der Waals surface area contributed by atoms with Crippen molar-refractivity contribution in [2.75, 3.05) is 13.1 Å². The van der Waals surface area contributed by atoms with Gasteiger partial charge in [-0.1, -0.05) is 62.4 Å². The molecule has 0 aliphatic carbocycles. The number of hydrogen-bond acceptors (Lipinski definition) is 6. The molecule has 3 amide bonds. The number of ketones is 1. The van der Waals surface area contributed by atoms with E-state index in [4.69, 9.17) is 4.74 Å². The van der Waals surface area contributed by atoms with Crippen LogP contribution >= 0.6 is 0 Å². The van der Waals surface area contributed by atoms with E-state index in [9.17, 15) is 19.2 Å². The van der Waals surface area contributed by atoms with Crippen LogP contribution in [0, 0.1) is 5.92 Å². The van der Waals surface area contributed by atoms with Gasteiger partial charge in [0.15, 0.2) is 5.78 Å². The van der Waals surface area contributed by atoms with Gasteiger partial charge >= 0.3 is 6.09 Å². The summed E-state index contributed by atoms with van der Waals surface area (Å²) >= 11 is 0. The molecular weight excluding hydrogens is 460 g/mol. The number of rotatable bonds is 11. The average Bonchev–Trinajstić information content (AvgIpc) is 2.88. The highest BCUT2D eigenvalue weighted by atomic mass is 16.5. The number of nitrogens with one attached hydrogen (secondary N) is 3. The van der Waals surface area contributed by atoms with E-state index >= 15 is 0 Å². The number of amides is 3. The molecular formula is C27H30N4O5. The first kappa shape index (κ1) is 26.3. The molecule has 9 heteroatoms. The van der Waals surface area contributed by atoms with Gasteiger partial charge < -0.3 is 20.7 Å². The minimum absolute atomic E-state index is 0.0765. The summed E-state index contributed by atoms with van der Waals surface area (Å²) in [6.45, 7) is 3.36. The summed E-state index contributed by atoms with van der Waals surface area (Å²) in [5.41, 5.74) is 1.73. The van der Waals surface area contributed by atoms with E-state index in [1.165, 1.54) is 0 Å². The smallest absolute Gasteiger partial charge is 0.408 e. The third-order valence-electron chi connectivity index (χ3n) is 5.31. The van der Waals surface area contributed by atoms with Crippen LogP contribution in [0.5, 0.6) is 0 Å². The van der Waals surface area contributed by atoms with Crippen LogP contribution < -0.4 is 16.0 Å². The largest absolute Gasteiger partial charge is 0.445 e.